The van der Waals surface area contributed by atoms with Gasteiger partial charge in [-0.1, -0.05) is 18.2 Å². The zero-order valence-electron chi connectivity index (χ0n) is 14.4. The van der Waals surface area contributed by atoms with Crippen molar-refractivity contribution in [2.24, 2.45) is 0 Å². The number of fused-ring (bicyclic) bond motifs is 1. The number of benzene rings is 1. The number of nitrogens with one attached hydrogen (secondary N) is 3. The number of para-hydroxylation sites is 1. The summed E-state index contributed by atoms with van der Waals surface area (Å²) in [5.41, 5.74) is 1.70. The molecular weight excluding hydrogens is 336 g/mol. The fourth-order valence-corrected chi connectivity index (χ4v) is 2.71. The Morgan fingerprint density at radius 3 is 2.88 bits per heavy atom. The number of rotatable bonds is 7. The summed E-state index contributed by atoms with van der Waals surface area (Å²) in [4.78, 5) is 38.7. The summed E-state index contributed by atoms with van der Waals surface area (Å²) in [6.07, 6.45) is 0.407. The van der Waals surface area contributed by atoms with Gasteiger partial charge in [0.25, 0.3) is 5.91 Å². The minimum absolute atomic E-state index is 0.146. The highest BCUT2D eigenvalue weighted by molar-refractivity contribution is 6.04. The number of ether oxygens (including phenoxy) is 1. The topological polar surface area (TPSA) is 109 Å². The van der Waals surface area contributed by atoms with Crippen molar-refractivity contribution in [1.29, 1.82) is 0 Å². The lowest BCUT2D eigenvalue weighted by Crippen LogP contribution is -2.33. The first-order valence-electron chi connectivity index (χ1n) is 8.40. The summed E-state index contributed by atoms with van der Waals surface area (Å²) in [7, 11) is 0. The Kier molecular flexibility index (Phi) is 5.31. The molecular formula is C18H20N4O4. The summed E-state index contributed by atoms with van der Waals surface area (Å²) >= 11 is 0. The van der Waals surface area contributed by atoms with Gasteiger partial charge in [-0.25, -0.2) is 9.78 Å². The van der Waals surface area contributed by atoms with Crippen LogP contribution < -0.4 is 20.7 Å². The van der Waals surface area contributed by atoms with Gasteiger partial charge in [0.15, 0.2) is 0 Å². The van der Waals surface area contributed by atoms with Crippen LogP contribution in [0.5, 0.6) is 5.75 Å². The largest absolute Gasteiger partial charge is 0.489 e. The van der Waals surface area contributed by atoms with Crippen molar-refractivity contribution in [3.05, 3.63) is 36.0 Å². The number of imide groups is 1. The molecule has 2 heterocycles. The maximum Gasteiger partial charge on any atom is 0.322 e. The smallest absolute Gasteiger partial charge is 0.322 e. The third-order valence-corrected chi connectivity index (χ3v) is 4.02. The van der Waals surface area contributed by atoms with E-state index in [0.717, 1.165) is 16.6 Å². The molecule has 0 saturated carbocycles. The molecule has 1 aliphatic rings. The lowest BCUT2D eigenvalue weighted by Gasteiger charge is -2.11. The molecule has 0 unspecified atom stereocenters. The first-order chi connectivity index (χ1) is 12.5. The van der Waals surface area contributed by atoms with Crippen LogP contribution >= 0.6 is 0 Å². The highest BCUT2D eigenvalue weighted by Crippen LogP contribution is 2.23. The summed E-state index contributed by atoms with van der Waals surface area (Å²) in [6, 6.07) is 8.48. The molecule has 136 valence electrons. The normalized spacial score (nSPS) is 16.3. The van der Waals surface area contributed by atoms with Gasteiger partial charge >= 0.3 is 6.03 Å². The molecule has 1 aromatic carbocycles. The maximum absolute atomic E-state index is 11.8. The van der Waals surface area contributed by atoms with Gasteiger partial charge in [0, 0.05) is 17.5 Å². The van der Waals surface area contributed by atoms with Gasteiger partial charge in [-0.2, -0.15) is 0 Å². The van der Waals surface area contributed by atoms with E-state index in [0.29, 0.717) is 18.9 Å². The van der Waals surface area contributed by atoms with E-state index in [4.69, 9.17) is 4.74 Å². The van der Waals surface area contributed by atoms with E-state index < -0.39 is 18.0 Å². The lowest BCUT2D eigenvalue weighted by molar-refractivity contribution is -0.122. The maximum atomic E-state index is 11.8. The zero-order chi connectivity index (χ0) is 18.5. The molecule has 4 amide bonds. The van der Waals surface area contributed by atoms with Gasteiger partial charge in [-0.3, -0.25) is 14.9 Å². The summed E-state index contributed by atoms with van der Waals surface area (Å²) < 4.78 is 5.74. The van der Waals surface area contributed by atoms with Crippen LogP contribution in [0.25, 0.3) is 10.9 Å². The molecule has 8 heteroatoms. The predicted molar refractivity (Wildman–Crippen MR) is 94.7 cm³/mol. The number of nitrogens with zero attached hydrogens (tertiary/aromatic N) is 1. The summed E-state index contributed by atoms with van der Waals surface area (Å²) in [5, 5.41) is 8.32. The number of urea groups is 1. The molecule has 0 bridgehead atoms. The van der Waals surface area contributed by atoms with E-state index in [-0.39, 0.29) is 18.7 Å². The van der Waals surface area contributed by atoms with Gasteiger partial charge in [0.05, 0.1) is 6.54 Å². The van der Waals surface area contributed by atoms with Crippen LogP contribution in [0.3, 0.4) is 0 Å². The van der Waals surface area contributed by atoms with Crippen LogP contribution in [0.1, 0.15) is 18.5 Å². The van der Waals surface area contributed by atoms with Gasteiger partial charge in [-0.05, 0) is 25.5 Å². The number of amides is 4. The average molecular weight is 356 g/mol. The summed E-state index contributed by atoms with van der Waals surface area (Å²) in [5.74, 6) is 0.0742. The number of hydrogen-bond acceptors (Lipinski definition) is 5. The number of pyridine rings is 1. The fourth-order valence-electron chi connectivity index (χ4n) is 2.71. The fraction of sp³-hybridized carbons (Fsp3) is 0.333. The van der Waals surface area contributed by atoms with Crippen molar-refractivity contribution in [3.8, 4) is 5.75 Å². The van der Waals surface area contributed by atoms with Crippen molar-refractivity contribution in [2.75, 3.05) is 13.2 Å². The van der Waals surface area contributed by atoms with Crippen LogP contribution in [-0.2, 0) is 9.59 Å². The SMILES string of the molecule is Cc1ccc2cccc(OCCNC(=O)CC[C@H]3NC(=O)NC3=O)c2n1. The van der Waals surface area contributed by atoms with E-state index in [1.807, 2.05) is 37.3 Å². The molecule has 26 heavy (non-hydrogen) atoms. The van der Waals surface area contributed by atoms with E-state index in [9.17, 15) is 14.4 Å². The highest BCUT2D eigenvalue weighted by atomic mass is 16.5. The third-order valence-electron chi connectivity index (χ3n) is 4.02. The highest BCUT2D eigenvalue weighted by Gasteiger charge is 2.29. The first-order valence-corrected chi connectivity index (χ1v) is 8.40. The number of carbonyl (C=O) groups excluding carboxylic acids is 3. The Balaban J connectivity index is 1.43. The van der Waals surface area contributed by atoms with Crippen molar-refractivity contribution in [3.63, 3.8) is 0 Å². The van der Waals surface area contributed by atoms with Crippen LogP contribution in [0.4, 0.5) is 4.79 Å². The van der Waals surface area contributed by atoms with Gasteiger partial charge < -0.3 is 15.4 Å². The van der Waals surface area contributed by atoms with Gasteiger partial charge in [0.2, 0.25) is 5.91 Å². The van der Waals surface area contributed by atoms with E-state index in [2.05, 4.69) is 20.9 Å². The quantitative estimate of drug-likeness (QED) is 0.507. The Hall–Kier alpha value is -3.16. The zero-order valence-corrected chi connectivity index (χ0v) is 14.4. The minimum atomic E-state index is -0.644. The van der Waals surface area contributed by atoms with Gasteiger partial charge in [-0.15, -0.1) is 0 Å². The minimum Gasteiger partial charge on any atom is -0.489 e. The Morgan fingerprint density at radius 2 is 2.12 bits per heavy atom. The molecule has 0 radical (unpaired) electrons. The predicted octanol–water partition coefficient (Wildman–Crippen LogP) is 1.03. The third kappa shape index (κ3) is 4.27. The summed E-state index contributed by atoms with van der Waals surface area (Å²) in [6.45, 7) is 2.56. The number of hydrogen-bond donors (Lipinski definition) is 3. The van der Waals surface area contributed by atoms with Crippen LogP contribution in [-0.4, -0.2) is 42.0 Å². The number of aromatic nitrogens is 1. The molecule has 0 aliphatic carbocycles. The van der Waals surface area contributed by atoms with Crippen molar-refractivity contribution < 1.29 is 19.1 Å². The first kappa shape index (κ1) is 17.7. The van der Waals surface area contributed by atoms with E-state index in [1.54, 1.807) is 0 Å². The van der Waals surface area contributed by atoms with Crippen LogP contribution in [0.15, 0.2) is 30.3 Å². The number of aryl methyl sites for hydroxylation is 1. The lowest BCUT2D eigenvalue weighted by atomic mass is 10.1. The van der Waals surface area contributed by atoms with Crippen LogP contribution in [0, 0.1) is 6.92 Å². The molecule has 0 spiro atoms. The Bertz CT molecular complexity index is 852. The molecule has 1 atom stereocenters. The molecule has 8 nitrogen and oxygen atoms in total. The average Bonchev–Trinajstić information content (AvgIpc) is 2.94. The Labute approximate surface area is 150 Å². The molecule has 1 saturated heterocycles. The van der Waals surface area contributed by atoms with Crippen molar-refractivity contribution >= 4 is 28.7 Å². The molecule has 3 rings (SSSR count). The van der Waals surface area contributed by atoms with Crippen molar-refractivity contribution in [2.45, 2.75) is 25.8 Å². The molecule has 1 fully saturated rings. The second kappa shape index (κ2) is 7.81. The van der Waals surface area contributed by atoms with E-state index >= 15 is 0 Å². The van der Waals surface area contributed by atoms with E-state index in [1.165, 1.54) is 0 Å². The standard InChI is InChI=1S/C18H20N4O4/c1-11-5-6-12-3-2-4-14(16(12)20-11)26-10-9-19-15(23)8-7-13-17(24)22-18(25)21-13/h2-6,13H,7-10H2,1H3,(H,19,23)(H2,21,22,24,25)/t13-/m1/s1. The van der Waals surface area contributed by atoms with Gasteiger partial charge in [0.1, 0.15) is 23.9 Å². The molecule has 1 aliphatic heterocycles. The molecule has 1 aromatic heterocycles. The van der Waals surface area contributed by atoms with Crippen LogP contribution in [0.2, 0.25) is 0 Å². The van der Waals surface area contributed by atoms with Crippen molar-refractivity contribution in [1.82, 2.24) is 20.9 Å². The molecule has 2 aromatic rings. The second-order valence-corrected chi connectivity index (χ2v) is 6.03. The monoisotopic (exact) mass is 356 g/mol. The second-order valence-electron chi connectivity index (χ2n) is 6.03. The Morgan fingerprint density at radius 1 is 1.27 bits per heavy atom. The molecule has 3 N–H and O–H groups in total. The number of carbonyl (C=O) groups is 3.